The van der Waals surface area contributed by atoms with Gasteiger partial charge in [0.25, 0.3) is 5.91 Å². The average molecular weight is 416 g/mol. The highest BCUT2D eigenvalue weighted by Crippen LogP contribution is 2.33. The first-order valence-corrected chi connectivity index (χ1v) is 8.96. The van der Waals surface area contributed by atoms with E-state index < -0.39 is 17.6 Å². The van der Waals surface area contributed by atoms with Crippen molar-refractivity contribution in [1.29, 1.82) is 0 Å². The van der Waals surface area contributed by atoms with E-state index in [1.54, 1.807) is 26.1 Å². The summed E-state index contributed by atoms with van der Waals surface area (Å²) in [5.41, 5.74) is 1.34. The van der Waals surface area contributed by atoms with Crippen molar-refractivity contribution < 1.29 is 22.8 Å². The Bertz CT molecular complexity index is 1120. The van der Waals surface area contributed by atoms with Gasteiger partial charge in [-0.3, -0.25) is 9.59 Å². The van der Waals surface area contributed by atoms with Gasteiger partial charge in [0, 0.05) is 35.7 Å². The second-order valence-electron chi connectivity index (χ2n) is 6.85. The number of aryl methyl sites for hydroxylation is 2. The lowest BCUT2D eigenvalue weighted by Gasteiger charge is -2.14. The van der Waals surface area contributed by atoms with Gasteiger partial charge >= 0.3 is 6.18 Å². The van der Waals surface area contributed by atoms with Gasteiger partial charge in [-0.25, -0.2) is 4.98 Å². The molecule has 0 atom stereocenters. The monoisotopic (exact) mass is 416 g/mol. The van der Waals surface area contributed by atoms with Crippen LogP contribution in [-0.4, -0.2) is 21.4 Å². The molecule has 3 aromatic rings. The minimum absolute atomic E-state index is 0.0159. The zero-order valence-corrected chi connectivity index (χ0v) is 16.5. The van der Waals surface area contributed by atoms with Gasteiger partial charge in [-0.1, -0.05) is 6.07 Å². The molecule has 2 amide bonds. The Morgan fingerprint density at radius 3 is 2.37 bits per heavy atom. The van der Waals surface area contributed by atoms with Gasteiger partial charge in [-0.05, 0) is 49.7 Å². The highest BCUT2D eigenvalue weighted by molar-refractivity contribution is 6.05. The molecule has 0 fully saturated rings. The van der Waals surface area contributed by atoms with E-state index in [1.807, 2.05) is 0 Å². The summed E-state index contributed by atoms with van der Waals surface area (Å²) in [6.45, 7) is 4.82. The smallest absolute Gasteiger partial charge is 0.326 e. The van der Waals surface area contributed by atoms with Gasteiger partial charge in [0.15, 0.2) is 0 Å². The maximum Gasteiger partial charge on any atom is 0.416 e. The molecule has 0 bridgehead atoms. The van der Waals surface area contributed by atoms with Crippen molar-refractivity contribution in [2.45, 2.75) is 26.9 Å². The Kier molecular flexibility index (Phi) is 5.64. The topological polar surface area (TPSA) is 76.0 Å². The summed E-state index contributed by atoms with van der Waals surface area (Å²) in [5.74, 6) is -0.900. The number of aromatic nitrogens is 2. The van der Waals surface area contributed by atoms with Crippen LogP contribution < -0.4 is 10.6 Å². The number of hydrogen-bond acceptors (Lipinski definition) is 3. The largest absolute Gasteiger partial charge is 0.416 e. The lowest BCUT2D eigenvalue weighted by atomic mass is 10.1. The van der Waals surface area contributed by atoms with Gasteiger partial charge < -0.3 is 15.2 Å². The van der Waals surface area contributed by atoms with E-state index in [1.165, 1.54) is 36.0 Å². The van der Waals surface area contributed by atoms with Crippen molar-refractivity contribution >= 4 is 23.2 Å². The van der Waals surface area contributed by atoms with Crippen LogP contribution >= 0.6 is 0 Å². The third-order valence-corrected chi connectivity index (χ3v) is 4.32. The van der Waals surface area contributed by atoms with Crippen LogP contribution in [0.5, 0.6) is 0 Å². The highest BCUT2D eigenvalue weighted by atomic mass is 19.4. The summed E-state index contributed by atoms with van der Waals surface area (Å²) in [4.78, 5) is 28.0. The van der Waals surface area contributed by atoms with Gasteiger partial charge in [0.2, 0.25) is 5.91 Å². The maximum atomic E-state index is 13.4. The van der Waals surface area contributed by atoms with Crippen LogP contribution in [0.25, 0.3) is 5.69 Å². The lowest BCUT2D eigenvalue weighted by Crippen LogP contribution is -2.15. The molecule has 0 aliphatic carbocycles. The van der Waals surface area contributed by atoms with Crippen molar-refractivity contribution in [2.24, 2.45) is 0 Å². The SMILES string of the molecule is CC(=O)Nc1cc(C(=O)Nc2cc(-n3cnc(C)c3)cc(C(F)(F)F)c2)ccc1C. The van der Waals surface area contributed by atoms with Crippen LogP contribution in [-0.2, 0) is 11.0 Å². The molecule has 2 N–H and O–H groups in total. The predicted molar refractivity (Wildman–Crippen MR) is 107 cm³/mol. The Hall–Kier alpha value is -3.62. The van der Waals surface area contributed by atoms with E-state index in [-0.39, 0.29) is 22.8 Å². The molecule has 2 aromatic carbocycles. The van der Waals surface area contributed by atoms with E-state index in [0.29, 0.717) is 11.4 Å². The fraction of sp³-hybridized carbons (Fsp3) is 0.190. The number of nitrogens with one attached hydrogen (secondary N) is 2. The second kappa shape index (κ2) is 8.02. The minimum atomic E-state index is -4.59. The van der Waals surface area contributed by atoms with Crippen molar-refractivity contribution in [3.8, 4) is 5.69 Å². The summed E-state index contributed by atoms with van der Waals surface area (Å²) in [6.07, 6.45) is -1.61. The van der Waals surface area contributed by atoms with Gasteiger partial charge in [-0.2, -0.15) is 13.2 Å². The van der Waals surface area contributed by atoms with Crippen molar-refractivity contribution in [3.05, 3.63) is 71.3 Å². The van der Waals surface area contributed by atoms with Gasteiger partial charge in [0.05, 0.1) is 17.6 Å². The van der Waals surface area contributed by atoms with Crippen molar-refractivity contribution in [1.82, 2.24) is 9.55 Å². The highest BCUT2D eigenvalue weighted by Gasteiger charge is 2.31. The van der Waals surface area contributed by atoms with Crippen molar-refractivity contribution in [2.75, 3.05) is 10.6 Å². The first-order chi connectivity index (χ1) is 14.0. The fourth-order valence-corrected chi connectivity index (χ4v) is 2.85. The zero-order chi connectivity index (χ0) is 22.1. The molecule has 156 valence electrons. The summed E-state index contributed by atoms with van der Waals surface area (Å²) < 4.78 is 41.6. The first-order valence-electron chi connectivity index (χ1n) is 8.96. The normalized spacial score (nSPS) is 11.3. The third kappa shape index (κ3) is 4.86. The van der Waals surface area contributed by atoms with Crippen LogP contribution in [0.15, 0.2) is 48.9 Å². The molecule has 30 heavy (non-hydrogen) atoms. The molecule has 0 radical (unpaired) electrons. The van der Waals surface area contributed by atoms with Crippen LogP contribution in [0.3, 0.4) is 0 Å². The van der Waals surface area contributed by atoms with Crippen LogP contribution in [0, 0.1) is 13.8 Å². The van der Waals surface area contributed by atoms with E-state index in [4.69, 9.17) is 0 Å². The molecule has 0 spiro atoms. The summed E-state index contributed by atoms with van der Waals surface area (Å²) in [7, 11) is 0. The number of hydrogen-bond donors (Lipinski definition) is 2. The molecule has 6 nitrogen and oxygen atoms in total. The van der Waals surface area contributed by atoms with E-state index in [2.05, 4.69) is 15.6 Å². The number of anilines is 2. The van der Waals surface area contributed by atoms with Gasteiger partial charge in [0.1, 0.15) is 0 Å². The van der Waals surface area contributed by atoms with Crippen LogP contribution in [0.1, 0.15) is 34.1 Å². The molecule has 0 saturated heterocycles. The fourth-order valence-electron chi connectivity index (χ4n) is 2.85. The Morgan fingerprint density at radius 2 is 1.77 bits per heavy atom. The summed E-state index contributed by atoms with van der Waals surface area (Å²) >= 11 is 0. The number of nitrogens with zero attached hydrogens (tertiary/aromatic N) is 2. The summed E-state index contributed by atoms with van der Waals surface area (Å²) in [5, 5.41) is 5.12. The standard InChI is InChI=1S/C21H19F3N4O2/c1-12-4-5-15(6-19(12)26-14(3)29)20(30)27-17-7-16(21(22,23)24)8-18(9-17)28-10-13(2)25-11-28/h4-11H,1-3H3,(H,26,29)(H,27,30). The molecule has 0 unspecified atom stereocenters. The number of benzene rings is 2. The van der Waals surface area contributed by atoms with Gasteiger partial charge in [-0.15, -0.1) is 0 Å². The zero-order valence-electron chi connectivity index (χ0n) is 16.5. The molecule has 1 heterocycles. The predicted octanol–water partition coefficient (Wildman–Crippen LogP) is 4.72. The van der Waals surface area contributed by atoms with E-state index in [9.17, 15) is 22.8 Å². The van der Waals surface area contributed by atoms with E-state index >= 15 is 0 Å². The number of amides is 2. The molecule has 0 saturated carbocycles. The number of imidazole rings is 1. The number of rotatable bonds is 4. The Morgan fingerprint density at radius 1 is 1.03 bits per heavy atom. The number of carbonyl (C=O) groups is 2. The number of carbonyl (C=O) groups excluding carboxylic acids is 2. The molecule has 0 aliphatic heterocycles. The van der Waals surface area contributed by atoms with Crippen molar-refractivity contribution in [3.63, 3.8) is 0 Å². The van der Waals surface area contributed by atoms with Crippen LogP contribution in [0.4, 0.5) is 24.5 Å². The maximum absolute atomic E-state index is 13.4. The molecule has 9 heteroatoms. The third-order valence-electron chi connectivity index (χ3n) is 4.32. The molecule has 1 aromatic heterocycles. The Balaban J connectivity index is 1.95. The quantitative estimate of drug-likeness (QED) is 0.646. The van der Waals surface area contributed by atoms with E-state index in [0.717, 1.165) is 17.7 Å². The second-order valence-corrected chi connectivity index (χ2v) is 6.85. The molecular weight excluding hydrogens is 397 g/mol. The van der Waals surface area contributed by atoms with Crippen LogP contribution in [0.2, 0.25) is 0 Å². The molecule has 3 rings (SSSR count). The number of halogens is 3. The molecule has 0 aliphatic rings. The number of alkyl halides is 3. The minimum Gasteiger partial charge on any atom is -0.326 e. The Labute approximate surface area is 170 Å². The average Bonchev–Trinajstić information content (AvgIpc) is 3.08. The molecular formula is C21H19F3N4O2. The lowest BCUT2D eigenvalue weighted by molar-refractivity contribution is -0.137. The summed E-state index contributed by atoms with van der Waals surface area (Å²) in [6, 6.07) is 7.93. The first kappa shape index (κ1) is 21.1.